The predicted molar refractivity (Wildman–Crippen MR) is 54.4 cm³/mol. The Morgan fingerprint density at radius 3 is 1.88 bits per heavy atom. The van der Waals surface area contributed by atoms with Crippen molar-refractivity contribution in [2.75, 3.05) is 0 Å². The Morgan fingerprint density at radius 2 is 1.56 bits per heavy atom. The lowest BCUT2D eigenvalue weighted by molar-refractivity contribution is -0.158. The largest absolute Gasteiger partial charge is 0.481 e. The molecule has 1 amide bonds. The molecule has 16 heavy (non-hydrogen) atoms. The van der Waals surface area contributed by atoms with Crippen molar-refractivity contribution < 1.29 is 19.5 Å². The fourth-order valence-corrected chi connectivity index (χ4v) is 2.94. The second kappa shape index (κ2) is 3.30. The summed E-state index contributed by atoms with van der Waals surface area (Å²) < 4.78 is 0. The van der Waals surface area contributed by atoms with Crippen LogP contribution in [-0.2, 0) is 14.4 Å². The molecule has 0 unspecified atom stereocenters. The van der Waals surface area contributed by atoms with Crippen molar-refractivity contribution in [2.24, 2.45) is 16.6 Å². The molecule has 0 spiro atoms. The van der Waals surface area contributed by atoms with Crippen molar-refractivity contribution in [1.82, 2.24) is 0 Å². The number of hydrogen-bond donors (Lipinski definition) is 2. The van der Waals surface area contributed by atoms with Crippen LogP contribution in [-0.4, -0.2) is 22.8 Å². The van der Waals surface area contributed by atoms with E-state index in [4.69, 9.17) is 5.73 Å². The van der Waals surface area contributed by atoms with Crippen LogP contribution in [0.15, 0.2) is 0 Å². The Balaban J connectivity index is 2.34. The van der Waals surface area contributed by atoms with Crippen molar-refractivity contribution in [3.63, 3.8) is 0 Å². The third-order valence-corrected chi connectivity index (χ3v) is 4.21. The second-order valence-electron chi connectivity index (χ2n) is 4.87. The summed E-state index contributed by atoms with van der Waals surface area (Å²) in [5, 5.41) is 9.24. The van der Waals surface area contributed by atoms with Gasteiger partial charge in [0.25, 0.3) is 0 Å². The molecular formula is C11H15NO4. The summed E-state index contributed by atoms with van der Waals surface area (Å²) in [6.45, 7) is 0. The van der Waals surface area contributed by atoms with E-state index >= 15 is 0 Å². The van der Waals surface area contributed by atoms with Crippen LogP contribution < -0.4 is 5.73 Å². The number of ketones is 1. The highest BCUT2D eigenvalue weighted by atomic mass is 16.4. The van der Waals surface area contributed by atoms with Gasteiger partial charge in [0.05, 0.1) is 10.8 Å². The van der Waals surface area contributed by atoms with E-state index in [-0.39, 0.29) is 18.6 Å². The number of amides is 1. The minimum atomic E-state index is -0.993. The molecule has 0 atom stereocenters. The second-order valence-corrected chi connectivity index (χ2v) is 4.87. The van der Waals surface area contributed by atoms with Crippen molar-refractivity contribution in [1.29, 1.82) is 0 Å². The van der Waals surface area contributed by atoms with E-state index in [1.807, 2.05) is 0 Å². The highest BCUT2D eigenvalue weighted by Crippen LogP contribution is 2.63. The number of carboxylic acid groups (broad SMARTS) is 1. The topological polar surface area (TPSA) is 97.5 Å². The molecule has 0 aromatic carbocycles. The number of primary amides is 1. The van der Waals surface area contributed by atoms with Gasteiger partial charge in [-0.25, -0.2) is 0 Å². The first-order valence-corrected chi connectivity index (χ1v) is 5.50. The van der Waals surface area contributed by atoms with Gasteiger partial charge in [-0.2, -0.15) is 0 Å². The smallest absolute Gasteiger partial charge is 0.310 e. The Bertz CT molecular complexity index is 360. The lowest BCUT2D eigenvalue weighted by Gasteiger charge is -2.38. The Kier molecular flexibility index (Phi) is 2.29. The average molecular weight is 225 g/mol. The summed E-state index contributed by atoms with van der Waals surface area (Å²) in [6, 6.07) is 0. The molecule has 0 saturated heterocycles. The van der Waals surface area contributed by atoms with E-state index in [1.165, 1.54) is 0 Å². The van der Waals surface area contributed by atoms with Gasteiger partial charge in [0.2, 0.25) is 5.91 Å². The van der Waals surface area contributed by atoms with Crippen LogP contribution in [0.4, 0.5) is 0 Å². The molecule has 88 valence electrons. The SMILES string of the molecule is NC(=O)C1(C2(C(=O)O)CC2)CCC(=O)CC1. The lowest BCUT2D eigenvalue weighted by atomic mass is 9.63. The van der Waals surface area contributed by atoms with Crippen LogP contribution >= 0.6 is 0 Å². The first-order chi connectivity index (χ1) is 7.44. The Morgan fingerprint density at radius 1 is 1.06 bits per heavy atom. The number of carbonyl (C=O) groups excluding carboxylic acids is 2. The number of carboxylic acids is 1. The van der Waals surface area contributed by atoms with E-state index < -0.39 is 22.7 Å². The van der Waals surface area contributed by atoms with Crippen LogP contribution in [0, 0.1) is 10.8 Å². The highest BCUT2D eigenvalue weighted by Gasteiger charge is 2.67. The minimum Gasteiger partial charge on any atom is -0.481 e. The fourth-order valence-electron chi connectivity index (χ4n) is 2.94. The van der Waals surface area contributed by atoms with Gasteiger partial charge < -0.3 is 10.8 Å². The number of Topliss-reactive ketones (excluding diaryl/α,β-unsaturated/α-hetero) is 1. The van der Waals surface area contributed by atoms with Gasteiger partial charge in [-0.1, -0.05) is 0 Å². The molecule has 5 nitrogen and oxygen atoms in total. The fraction of sp³-hybridized carbons (Fsp3) is 0.727. The van der Waals surface area contributed by atoms with Crippen molar-refractivity contribution in [3.8, 4) is 0 Å². The summed E-state index contributed by atoms with van der Waals surface area (Å²) in [5.41, 5.74) is 3.42. The van der Waals surface area contributed by atoms with Gasteiger partial charge >= 0.3 is 5.97 Å². The summed E-state index contributed by atoms with van der Waals surface area (Å²) in [6.07, 6.45) is 2.15. The maximum Gasteiger partial charge on any atom is 0.310 e. The molecule has 3 N–H and O–H groups in total. The zero-order valence-corrected chi connectivity index (χ0v) is 8.99. The van der Waals surface area contributed by atoms with E-state index in [9.17, 15) is 19.5 Å². The van der Waals surface area contributed by atoms with Gasteiger partial charge in [0, 0.05) is 12.8 Å². The quantitative estimate of drug-likeness (QED) is 0.729. The normalized spacial score (nSPS) is 26.1. The molecular weight excluding hydrogens is 210 g/mol. The van der Waals surface area contributed by atoms with Gasteiger partial charge in [-0.05, 0) is 25.7 Å². The molecule has 2 fully saturated rings. The summed E-state index contributed by atoms with van der Waals surface area (Å²) in [4.78, 5) is 34.1. The third-order valence-electron chi connectivity index (χ3n) is 4.21. The van der Waals surface area contributed by atoms with E-state index in [0.29, 0.717) is 25.7 Å². The molecule has 0 aromatic heterocycles. The number of rotatable bonds is 3. The van der Waals surface area contributed by atoms with E-state index in [1.54, 1.807) is 0 Å². The molecule has 5 heteroatoms. The molecule has 0 radical (unpaired) electrons. The van der Waals surface area contributed by atoms with E-state index in [2.05, 4.69) is 0 Å². The van der Waals surface area contributed by atoms with Gasteiger partial charge in [-0.15, -0.1) is 0 Å². The maximum absolute atomic E-state index is 11.6. The molecule has 2 aliphatic rings. The number of nitrogens with two attached hydrogens (primary N) is 1. The van der Waals surface area contributed by atoms with Crippen LogP contribution in [0.5, 0.6) is 0 Å². The lowest BCUT2D eigenvalue weighted by Crippen LogP contribution is -2.50. The third kappa shape index (κ3) is 1.27. The van der Waals surface area contributed by atoms with Gasteiger partial charge in [-0.3, -0.25) is 14.4 Å². The van der Waals surface area contributed by atoms with Gasteiger partial charge in [0.1, 0.15) is 5.78 Å². The van der Waals surface area contributed by atoms with Crippen molar-refractivity contribution in [3.05, 3.63) is 0 Å². The minimum absolute atomic E-state index is 0.0954. The molecule has 0 heterocycles. The first-order valence-electron chi connectivity index (χ1n) is 5.50. The van der Waals surface area contributed by atoms with Crippen LogP contribution in [0.2, 0.25) is 0 Å². The zero-order chi connectivity index (χ0) is 12.0. The first kappa shape index (κ1) is 11.1. The van der Waals surface area contributed by atoms with Crippen molar-refractivity contribution in [2.45, 2.75) is 38.5 Å². The summed E-state index contributed by atoms with van der Waals surface area (Å²) in [7, 11) is 0. The highest BCUT2D eigenvalue weighted by molar-refractivity contribution is 5.93. The Labute approximate surface area is 93.0 Å². The van der Waals surface area contributed by atoms with Gasteiger partial charge in [0.15, 0.2) is 0 Å². The van der Waals surface area contributed by atoms with Crippen molar-refractivity contribution >= 4 is 17.7 Å². The molecule has 2 aliphatic carbocycles. The molecule has 2 rings (SSSR count). The van der Waals surface area contributed by atoms with Crippen LogP contribution in [0.3, 0.4) is 0 Å². The predicted octanol–water partition coefficient (Wildman–Crippen LogP) is 0.466. The standard InChI is InChI=1S/C11H15NO4/c12-8(14)10(3-1-7(13)2-4-10)11(5-6-11)9(15)16/h1-6H2,(H2,12,14)(H,15,16). The summed E-state index contributed by atoms with van der Waals surface area (Å²) >= 11 is 0. The number of aliphatic carboxylic acids is 1. The summed E-state index contributed by atoms with van der Waals surface area (Å²) in [5.74, 6) is -1.40. The number of hydrogen-bond acceptors (Lipinski definition) is 3. The Hall–Kier alpha value is -1.39. The monoisotopic (exact) mass is 225 g/mol. The molecule has 0 bridgehead atoms. The van der Waals surface area contributed by atoms with E-state index in [0.717, 1.165) is 0 Å². The average Bonchev–Trinajstić information content (AvgIpc) is 3.00. The molecule has 0 aliphatic heterocycles. The van der Waals surface area contributed by atoms with Crippen LogP contribution in [0.25, 0.3) is 0 Å². The zero-order valence-electron chi connectivity index (χ0n) is 8.99. The van der Waals surface area contributed by atoms with Crippen LogP contribution in [0.1, 0.15) is 38.5 Å². The maximum atomic E-state index is 11.6. The number of carbonyl (C=O) groups is 3. The molecule has 2 saturated carbocycles. The molecule has 0 aromatic rings.